The van der Waals surface area contributed by atoms with Crippen molar-refractivity contribution in [3.63, 3.8) is 0 Å². The number of sulfonamides is 1. The molecule has 4 nitrogen and oxygen atoms in total. The van der Waals surface area contributed by atoms with E-state index in [2.05, 4.69) is 4.72 Å². The van der Waals surface area contributed by atoms with Crippen molar-refractivity contribution in [1.82, 2.24) is 0 Å². The number of nitrogens with one attached hydrogen (secondary N) is 1. The first-order valence-electron chi connectivity index (χ1n) is 5.96. The Kier molecular flexibility index (Phi) is 4.66. The number of hydrogen-bond acceptors (Lipinski definition) is 3. The van der Waals surface area contributed by atoms with Gasteiger partial charge in [0, 0.05) is 10.0 Å². The average molecular weight is 346 g/mol. The van der Waals surface area contributed by atoms with Crippen molar-refractivity contribution in [2.75, 3.05) is 11.8 Å². The van der Waals surface area contributed by atoms with Crippen LogP contribution in [0.5, 0.6) is 5.75 Å². The lowest BCUT2D eigenvalue weighted by molar-refractivity contribution is 0.403. The van der Waals surface area contributed by atoms with Gasteiger partial charge in [-0.3, -0.25) is 4.72 Å². The fourth-order valence-corrected chi connectivity index (χ4v) is 3.39. The highest BCUT2D eigenvalue weighted by atomic mass is 35.5. The summed E-state index contributed by atoms with van der Waals surface area (Å²) < 4.78 is 32.4. The van der Waals surface area contributed by atoms with Gasteiger partial charge < -0.3 is 4.74 Å². The molecule has 0 saturated carbocycles. The lowest BCUT2D eigenvalue weighted by atomic mass is 10.2. The standard InChI is InChI=1S/C14H13Cl2NO3S/c1-9-3-5-11(8-12(9)16)17-21(18,19)14-7-10(15)4-6-13(14)20-2/h3-8,17H,1-2H3. The number of ether oxygens (including phenoxy) is 1. The predicted molar refractivity (Wildman–Crippen MR) is 85.0 cm³/mol. The molecular formula is C14H13Cl2NO3S. The first kappa shape index (κ1) is 15.9. The van der Waals surface area contributed by atoms with Crippen molar-refractivity contribution in [2.24, 2.45) is 0 Å². The van der Waals surface area contributed by atoms with Gasteiger partial charge >= 0.3 is 0 Å². The van der Waals surface area contributed by atoms with Crippen LogP contribution in [0.1, 0.15) is 5.56 Å². The predicted octanol–water partition coefficient (Wildman–Crippen LogP) is 4.11. The number of rotatable bonds is 4. The number of hydrogen-bond donors (Lipinski definition) is 1. The quantitative estimate of drug-likeness (QED) is 0.906. The van der Waals surface area contributed by atoms with Crippen molar-refractivity contribution in [3.05, 3.63) is 52.0 Å². The van der Waals surface area contributed by atoms with E-state index in [1.165, 1.54) is 19.2 Å². The Morgan fingerprint density at radius 2 is 1.81 bits per heavy atom. The van der Waals surface area contributed by atoms with Crippen LogP contribution in [0, 0.1) is 6.92 Å². The topological polar surface area (TPSA) is 55.4 Å². The highest BCUT2D eigenvalue weighted by molar-refractivity contribution is 7.92. The number of aryl methyl sites for hydroxylation is 1. The lowest BCUT2D eigenvalue weighted by Crippen LogP contribution is -2.14. The molecule has 0 spiro atoms. The zero-order valence-corrected chi connectivity index (χ0v) is 13.7. The minimum absolute atomic E-state index is 0.0332. The molecule has 1 N–H and O–H groups in total. The average Bonchev–Trinajstić information content (AvgIpc) is 2.42. The summed E-state index contributed by atoms with van der Waals surface area (Å²) >= 11 is 11.9. The highest BCUT2D eigenvalue weighted by Gasteiger charge is 2.20. The highest BCUT2D eigenvalue weighted by Crippen LogP contribution is 2.29. The van der Waals surface area contributed by atoms with Crippen LogP contribution in [0.25, 0.3) is 0 Å². The first-order chi connectivity index (χ1) is 9.83. The molecule has 112 valence electrons. The van der Waals surface area contributed by atoms with Crippen molar-refractivity contribution in [3.8, 4) is 5.75 Å². The Labute approximate surface area is 133 Å². The zero-order valence-electron chi connectivity index (χ0n) is 11.4. The summed E-state index contributed by atoms with van der Waals surface area (Å²) in [5, 5.41) is 0.784. The molecule has 0 atom stereocenters. The summed E-state index contributed by atoms with van der Waals surface area (Å²) in [5.74, 6) is 0.213. The SMILES string of the molecule is COc1ccc(Cl)cc1S(=O)(=O)Nc1ccc(C)c(Cl)c1. The molecular weight excluding hydrogens is 333 g/mol. The van der Waals surface area contributed by atoms with Gasteiger partial charge in [-0.2, -0.15) is 0 Å². The van der Waals surface area contributed by atoms with E-state index in [0.29, 0.717) is 15.7 Å². The maximum atomic E-state index is 12.4. The molecule has 0 aliphatic heterocycles. The Bertz CT molecular complexity index is 776. The molecule has 0 aliphatic carbocycles. The number of methoxy groups -OCH3 is 1. The summed E-state index contributed by atoms with van der Waals surface area (Å²) in [7, 11) is -2.43. The van der Waals surface area contributed by atoms with Gasteiger partial charge in [-0.25, -0.2) is 8.42 Å². The number of anilines is 1. The monoisotopic (exact) mass is 345 g/mol. The van der Waals surface area contributed by atoms with Gasteiger partial charge in [-0.15, -0.1) is 0 Å². The smallest absolute Gasteiger partial charge is 0.265 e. The van der Waals surface area contributed by atoms with Crippen molar-refractivity contribution >= 4 is 38.9 Å². The Morgan fingerprint density at radius 3 is 2.43 bits per heavy atom. The van der Waals surface area contributed by atoms with Crippen molar-refractivity contribution in [2.45, 2.75) is 11.8 Å². The fraction of sp³-hybridized carbons (Fsp3) is 0.143. The molecule has 0 fully saturated rings. The van der Waals surface area contributed by atoms with Gasteiger partial charge in [0.05, 0.1) is 12.8 Å². The third-order valence-corrected chi connectivity index (χ3v) is 4.88. The van der Waals surface area contributed by atoms with E-state index >= 15 is 0 Å². The maximum Gasteiger partial charge on any atom is 0.265 e. The molecule has 2 rings (SSSR count). The van der Waals surface area contributed by atoms with E-state index in [9.17, 15) is 8.42 Å². The normalized spacial score (nSPS) is 11.2. The van der Waals surface area contributed by atoms with Gasteiger partial charge in [-0.05, 0) is 42.8 Å². The van der Waals surface area contributed by atoms with Crippen LogP contribution in [0.2, 0.25) is 10.0 Å². The van der Waals surface area contributed by atoms with Gasteiger partial charge in [-0.1, -0.05) is 29.3 Å². The van der Waals surface area contributed by atoms with Crippen LogP contribution >= 0.6 is 23.2 Å². The molecule has 0 bridgehead atoms. The van der Waals surface area contributed by atoms with Gasteiger partial charge in [0.15, 0.2) is 0 Å². The van der Waals surface area contributed by atoms with Crippen molar-refractivity contribution in [1.29, 1.82) is 0 Å². The second-order valence-electron chi connectivity index (χ2n) is 4.36. The summed E-state index contributed by atoms with van der Waals surface area (Å²) in [6.07, 6.45) is 0. The van der Waals surface area contributed by atoms with E-state index in [-0.39, 0.29) is 10.6 Å². The van der Waals surface area contributed by atoms with Crippen LogP contribution in [0.4, 0.5) is 5.69 Å². The molecule has 0 aliphatic rings. The van der Waals surface area contributed by atoms with Gasteiger partial charge in [0.2, 0.25) is 0 Å². The Balaban J connectivity index is 2.42. The molecule has 2 aromatic rings. The van der Waals surface area contributed by atoms with Crippen molar-refractivity contribution < 1.29 is 13.2 Å². The van der Waals surface area contributed by atoms with Crippen LogP contribution < -0.4 is 9.46 Å². The number of benzene rings is 2. The van der Waals surface area contributed by atoms with Gasteiger partial charge in [0.1, 0.15) is 10.6 Å². The Hall–Kier alpha value is -1.43. The fourth-order valence-electron chi connectivity index (χ4n) is 1.73. The zero-order chi connectivity index (χ0) is 15.6. The third kappa shape index (κ3) is 3.61. The molecule has 2 aromatic carbocycles. The molecule has 7 heteroatoms. The summed E-state index contributed by atoms with van der Waals surface area (Å²) in [4.78, 5) is -0.0332. The van der Waals surface area contributed by atoms with E-state index in [4.69, 9.17) is 27.9 Å². The molecule has 0 aromatic heterocycles. The van der Waals surface area contributed by atoms with Crippen LogP contribution in [0.15, 0.2) is 41.3 Å². The van der Waals surface area contributed by atoms with Gasteiger partial charge in [0.25, 0.3) is 10.0 Å². The van der Waals surface area contributed by atoms with E-state index < -0.39 is 10.0 Å². The minimum Gasteiger partial charge on any atom is -0.495 e. The molecule has 0 unspecified atom stereocenters. The summed E-state index contributed by atoms with van der Waals surface area (Å²) in [5.41, 5.74) is 1.23. The maximum absolute atomic E-state index is 12.4. The molecule has 0 heterocycles. The van der Waals surface area contributed by atoms with Crippen LogP contribution in [0.3, 0.4) is 0 Å². The number of halogens is 2. The first-order valence-corrected chi connectivity index (χ1v) is 8.20. The van der Waals surface area contributed by atoms with E-state index in [1.807, 2.05) is 6.92 Å². The second-order valence-corrected chi connectivity index (χ2v) is 6.86. The second kappa shape index (κ2) is 6.13. The molecule has 0 radical (unpaired) electrons. The summed E-state index contributed by atoms with van der Waals surface area (Å²) in [6, 6.07) is 9.30. The molecule has 0 saturated heterocycles. The third-order valence-electron chi connectivity index (χ3n) is 2.84. The van der Waals surface area contributed by atoms with Crippen LogP contribution in [-0.2, 0) is 10.0 Å². The largest absolute Gasteiger partial charge is 0.495 e. The molecule has 0 amide bonds. The van der Waals surface area contributed by atoms with E-state index in [1.54, 1.807) is 24.3 Å². The van der Waals surface area contributed by atoms with E-state index in [0.717, 1.165) is 5.56 Å². The minimum atomic E-state index is -3.83. The van der Waals surface area contributed by atoms with Crippen LogP contribution in [-0.4, -0.2) is 15.5 Å². The Morgan fingerprint density at radius 1 is 1.10 bits per heavy atom. The molecule has 21 heavy (non-hydrogen) atoms. The lowest BCUT2D eigenvalue weighted by Gasteiger charge is -2.12. The summed E-state index contributed by atoms with van der Waals surface area (Å²) in [6.45, 7) is 1.83.